The van der Waals surface area contributed by atoms with Gasteiger partial charge in [-0.25, -0.2) is 9.37 Å². The molecule has 1 aliphatic rings. The SMILES string of the molecule is COc1ccccc1-n1c(Cc2ccccc2)nnc1SCc1nc(C(=O)N2CCN(c3ccccc3F)CC2)cs1. The van der Waals surface area contributed by atoms with E-state index in [1.54, 1.807) is 24.1 Å². The highest BCUT2D eigenvalue weighted by Gasteiger charge is 2.25. The topological polar surface area (TPSA) is 76.4 Å². The molecule has 11 heteroatoms. The Hall–Kier alpha value is -4.22. The second-order valence-electron chi connectivity index (χ2n) is 9.71. The maximum atomic E-state index is 14.2. The third kappa shape index (κ3) is 6.02. The molecule has 8 nitrogen and oxygen atoms in total. The van der Waals surface area contributed by atoms with Crippen LogP contribution in [0.4, 0.5) is 10.1 Å². The van der Waals surface area contributed by atoms with Gasteiger partial charge in [-0.05, 0) is 29.8 Å². The van der Waals surface area contributed by atoms with Crippen molar-refractivity contribution in [2.45, 2.75) is 17.3 Å². The summed E-state index contributed by atoms with van der Waals surface area (Å²) in [5.41, 5.74) is 3.01. The number of ether oxygens (including phenoxy) is 1. The van der Waals surface area contributed by atoms with Crippen LogP contribution in [0.3, 0.4) is 0 Å². The summed E-state index contributed by atoms with van der Waals surface area (Å²) < 4.78 is 21.9. The number of carbonyl (C=O) groups excluding carboxylic acids is 1. The Morgan fingerprint density at radius 3 is 2.40 bits per heavy atom. The number of para-hydroxylation sites is 3. The van der Waals surface area contributed by atoms with Gasteiger partial charge in [0.1, 0.15) is 28.1 Å². The number of hydrogen-bond donors (Lipinski definition) is 0. The molecular weight excluding hydrogens is 572 g/mol. The molecule has 1 aliphatic heterocycles. The number of halogens is 1. The Kier molecular flexibility index (Phi) is 8.47. The van der Waals surface area contributed by atoms with E-state index in [0.717, 1.165) is 33.0 Å². The molecule has 42 heavy (non-hydrogen) atoms. The van der Waals surface area contributed by atoms with Crippen molar-refractivity contribution in [3.63, 3.8) is 0 Å². The first kappa shape index (κ1) is 27.9. The number of anilines is 1. The van der Waals surface area contributed by atoms with Crippen molar-refractivity contribution < 1.29 is 13.9 Å². The lowest BCUT2D eigenvalue weighted by Gasteiger charge is -2.35. The van der Waals surface area contributed by atoms with Gasteiger partial charge < -0.3 is 14.5 Å². The zero-order valence-corrected chi connectivity index (χ0v) is 24.7. The summed E-state index contributed by atoms with van der Waals surface area (Å²) in [4.78, 5) is 21.6. The first-order valence-electron chi connectivity index (χ1n) is 13.6. The Labute approximate surface area is 251 Å². The van der Waals surface area contributed by atoms with Crippen molar-refractivity contribution in [1.82, 2.24) is 24.6 Å². The Balaban J connectivity index is 1.15. The van der Waals surface area contributed by atoms with Crippen LogP contribution in [0.25, 0.3) is 5.69 Å². The highest BCUT2D eigenvalue weighted by Crippen LogP contribution is 2.31. The van der Waals surface area contributed by atoms with Gasteiger partial charge in [-0.3, -0.25) is 9.36 Å². The van der Waals surface area contributed by atoms with Crippen molar-refractivity contribution in [1.29, 1.82) is 0 Å². The van der Waals surface area contributed by atoms with E-state index in [2.05, 4.69) is 27.3 Å². The molecule has 0 saturated carbocycles. The smallest absolute Gasteiger partial charge is 0.273 e. The number of hydrogen-bond acceptors (Lipinski definition) is 8. The molecule has 0 aliphatic carbocycles. The van der Waals surface area contributed by atoms with Crippen molar-refractivity contribution in [3.05, 3.63) is 112 Å². The summed E-state index contributed by atoms with van der Waals surface area (Å²) in [6, 6.07) is 24.7. The average molecular weight is 601 g/mol. The monoisotopic (exact) mass is 600 g/mol. The first-order valence-corrected chi connectivity index (χ1v) is 15.4. The van der Waals surface area contributed by atoms with Crippen molar-refractivity contribution in [2.24, 2.45) is 0 Å². The summed E-state index contributed by atoms with van der Waals surface area (Å²) in [6.45, 7) is 2.18. The summed E-state index contributed by atoms with van der Waals surface area (Å²) in [6.07, 6.45) is 0.618. The number of thioether (sulfide) groups is 1. The number of aromatic nitrogens is 4. The van der Waals surface area contributed by atoms with Gasteiger partial charge in [0.2, 0.25) is 0 Å². The fraction of sp³-hybridized carbons (Fsp3) is 0.226. The standard InChI is InChI=1S/C31H29FN6O2S2/c1-40-27-14-8-7-13-26(27)38-28(19-22-9-3-2-4-10-22)34-35-31(38)42-21-29-33-24(20-41-29)30(39)37-17-15-36(16-18-37)25-12-6-5-11-23(25)32/h2-14,20H,15-19,21H2,1H3. The molecule has 1 amide bonds. The lowest BCUT2D eigenvalue weighted by molar-refractivity contribution is 0.0741. The van der Waals surface area contributed by atoms with Crippen LogP contribution in [0.15, 0.2) is 89.4 Å². The molecule has 1 saturated heterocycles. The van der Waals surface area contributed by atoms with Crippen LogP contribution >= 0.6 is 23.1 Å². The van der Waals surface area contributed by atoms with Gasteiger partial charge in [0, 0.05) is 38.0 Å². The van der Waals surface area contributed by atoms with Crippen molar-refractivity contribution in [2.75, 3.05) is 38.2 Å². The Morgan fingerprint density at radius 2 is 1.64 bits per heavy atom. The van der Waals surface area contributed by atoms with E-state index in [1.165, 1.54) is 29.2 Å². The van der Waals surface area contributed by atoms with Gasteiger partial charge in [0.25, 0.3) is 5.91 Å². The minimum atomic E-state index is -0.243. The van der Waals surface area contributed by atoms with Crippen LogP contribution in [0.1, 0.15) is 26.9 Å². The predicted molar refractivity (Wildman–Crippen MR) is 163 cm³/mol. The molecule has 214 valence electrons. The molecule has 0 N–H and O–H groups in total. The van der Waals surface area contributed by atoms with Gasteiger partial charge in [0.15, 0.2) is 5.16 Å². The third-order valence-corrected chi connectivity index (χ3v) is 9.06. The van der Waals surface area contributed by atoms with E-state index in [-0.39, 0.29) is 11.7 Å². The second kappa shape index (κ2) is 12.7. The molecule has 3 aromatic carbocycles. The van der Waals surface area contributed by atoms with E-state index in [9.17, 15) is 9.18 Å². The molecule has 0 spiro atoms. The lowest BCUT2D eigenvalue weighted by Crippen LogP contribution is -2.49. The number of methoxy groups -OCH3 is 1. The summed E-state index contributed by atoms with van der Waals surface area (Å²) in [5.74, 6) is 1.73. The molecule has 5 aromatic rings. The molecule has 3 heterocycles. The molecule has 0 atom stereocenters. The Bertz CT molecular complexity index is 1670. The number of piperazine rings is 1. The molecule has 1 fully saturated rings. The highest BCUT2D eigenvalue weighted by atomic mass is 32.2. The number of amides is 1. The van der Waals surface area contributed by atoms with Crippen LogP contribution in [0.5, 0.6) is 5.75 Å². The van der Waals surface area contributed by atoms with E-state index in [0.29, 0.717) is 49.7 Å². The second-order valence-corrected chi connectivity index (χ2v) is 11.6. The number of thiazole rings is 1. The predicted octanol–water partition coefficient (Wildman–Crippen LogP) is 5.72. The van der Waals surface area contributed by atoms with Gasteiger partial charge in [0.05, 0.1) is 24.2 Å². The minimum absolute atomic E-state index is 0.0991. The molecule has 6 rings (SSSR count). The first-order chi connectivity index (χ1) is 20.6. The van der Waals surface area contributed by atoms with Crippen LogP contribution in [-0.4, -0.2) is 63.8 Å². The lowest BCUT2D eigenvalue weighted by atomic mass is 10.1. The summed E-state index contributed by atoms with van der Waals surface area (Å²) in [5, 5.41) is 12.4. The molecule has 2 aromatic heterocycles. The number of rotatable bonds is 9. The molecule has 0 radical (unpaired) electrons. The fourth-order valence-electron chi connectivity index (χ4n) is 4.97. The fourth-order valence-corrected chi connectivity index (χ4v) is 6.72. The highest BCUT2D eigenvalue weighted by molar-refractivity contribution is 7.98. The maximum absolute atomic E-state index is 14.2. The van der Waals surface area contributed by atoms with E-state index in [4.69, 9.17) is 4.74 Å². The van der Waals surface area contributed by atoms with Crippen LogP contribution < -0.4 is 9.64 Å². The van der Waals surface area contributed by atoms with E-state index >= 15 is 0 Å². The summed E-state index contributed by atoms with van der Waals surface area (Å²) in [7, 11) is 1.65. The van der Waals surface area contributed by atoms with Crippen LogP contribution in [0.2, 0.25) is 0 Å². The number of benzene rings is 3. The molecule has 0 unspecified atom stereocenters. The van der Waals surface area contributed by atoms with Gasteiger partial charge >= 0.3 is 0 Å². The largest absolute Gasteiger partial charge is 0.495 e. The molecular formula is C31H29FN6O2S2. The minimum Gasteiger partial charge on any atom is -0.495 e. The number of nitrogens with zero attached hydrogens (tertiary/aromatic N) is 6. The van der Waals surface area contributed by atoms with Crippen LogP contribution in [0, 0.1) is 5.82 Å². The van der Waals surface area contributed by atoms with E-state index < -0.39 is 0 Å². The van der Waals surface area contributed by atoms with Gasteiger partial charge in [-0.2, -0.15) is 0 Å². The zero-order chi connectivity index (χ0) is 28.9. The van der Waals surface area contributed by atoms with Crippen LogP contribution in [-0.2, 0) is 12.2 Å². The summed E-state index contributed by atoms with van der Waals surface area (Å²) >= 11 is 2.98. The molecule has 0 bridgehead atoms. The van der Waals surface area contributed by atoms with Gasteiger partial charge in [-0.1, -0.05) is 66.4 Å². The average Bonchev–Trinajstić information content (AvgIpc) is 3.67. The Morgan fingerprint density at radius 1 is 0.929 bits per heavy atom. The quantitative estimate of drug-likeness (QED) is 0.201. The normalized spacial score (nSPS) is 13.4. The van der Waals surface area contributed by atoms with Crippen molar-refractivity contribution >= 4 is 34.7 Å². The third-order valence-electron chi connectivity index (χ3n) is 7.09. The van der Waals surface area contributed by atoms with Gasteiger partial charge in [-0.15, -0.1) is 21.5 Å². The maximum Gasteiger partial charge on any atom is 0.273 e. The van der Waals surface area contributed by atoms with E-state index in [1.807, 2.05) is 63.4 Å². The van der Waals surface area contributed by atoms with Crippen molar-refractivity contribution in [3.8, 4) is 11.4 Å². The number of carbonyl (C=O) groups is 1. The zero-order valence-electron chi connectivity index (χ0n) is 23.0.